The molecule has 0 bridgehead atoms. The molecular formula is C16H21FN6. The van der Waals surface area contributed by atoms with E-state index in [4.69, 9.17) is 5.73 Å². The van der Waals surface area contributed by atoms with Crippen LogP contribution in [0.1, 0.15) is 6.92 Å². The first-order chi connectivity index (χ1) is 11.2. The molecule has 3 rings (SSSR count). The van der Waals surface area contributed by atoms with Crippen LogP contribution in [-0.4, -0.2) is 42.7 Å². The number of hydrogen-bond acceptors (Lipinski definition) is 6. The van der Waals surface area contributed by atoms with Crippen molar-refractivity contribution in [2.24, 2.45) is 0 Å². The molecular weight excluding hydrogens is 295 g/mol. The number of nitrogens with zero attached hydrogens (tertiary/aromatic N) is 4. The Morgan fingerprint density at radius 1 is 1.13 bits per heavy atom. The minimum Gasteiger partial charge on any atom is -0.393 e. The van der Waals surface area contributed by atoms with Gasteiger partial charge < -0.3 is 20.9 Å². The summed E-state index contributed by atoms with van der Waals surface area (Å²) in [5.41, 5.74) is 7.38. The zero-order chi connectivity index (χ0) is 16.2. The lowest BCUT2D eigenvalue weighted by atomic mass is 10.2. The summed E-state index contributed by atoms with van der Waals surface area (Å²) in [6.45, 7) is 5.67. The number of nitrogens with two attached hydrogens (primary N) is 1. The quantitative estimate of drug-likeness (QED) is 0.898. The molecule has 1 aromatic heterocycles. The lowest BCUT2D eigenvalue weighted by Gasteiger charge is -2.37. The minimum absolute atomic E-state index is 0.183. The molecule has 2 heterocycles. The number of anilines is 4. The van der Waals surface area contributed by atoms with Crippen LogP contribution in [-0.2, 0) is 0 Å². The van der Waals surface area contributed by atoms with Crippen LogP contribution in [0, 0.1) is 5.82 Å². The average Bonchev–Trinajstić information content (AvgIpc) is 2.58. The summed E-state index contributed by atoms with van der Waals surface area (Å²) in [5, 5.41) is 3.13. The van der Waals surface area contributed by atoms with Gasteiger partial charge in [0.25, 0.3) is 0 Å². The Hall–Kier alpha value is -2.57. The van der Waals surface area contributed by atoms with E-state index >= 15 is 0 Å². The number of halogens is 1. The molecule has 1 aliphatic rings. The SMILES string of the molecule is CCNc1ncnc(N2CCN(c3ccccc3F)CC2)c1N. The highest BCUT2D eigenvalue weighted by atomic mass is 19.1. The highest BCUT2D eigenvalue weighted by Gasteiger charge is 2.22. The molecule has 0 unspecified atom stereocenters. The van der Waals surface area contributed by atoms with Crippen LogP contribution in [0.5, 0.6) is 0 Å². The zero-order valence-electron chi connectivity index (χ0n) is 13.2. The van der Waals surface area contributed by atoms with Crippen molar-refractivity contribution in [1.82, 2.24) is 9.97 Å². The van der Waals surface area contributed by atoms with Crippen molar-refractivity contribution in [2.45, 2.75) is 6.92 Å². The Kier molecular flexibility index (Phi) is 4.45. The van der Waals surface area contributed by atoms with Crippen LogP contribution in [0.3, 0.4) is 0 Å². The Morgan fingerprint density at radius 3 is 2.52 bits per heavy atom. The van der Waals surface area contributed by atoms with E-state index in [-0.39, 0.29) is 5.82 Å². The molecule has 0 spiro atoms. The summed E-state index contributed by atoms with van der Waals surface area (Å²) < 4.78 is 13.9. The van der Waals surface area contributed by atoms with Crippen LogP contribution in [0.15, 0.2) is 30.6 Å². The monoisotopic (exact) mass is 316 g/mol. The van der Waals surface area contributed by atoms with E-state index in [1.807, 2.05) is 19.1 Å². The second-order valence-electron chi connectivity index (χ2n) is 5.42. The van der Waals surface area contributed by atoms with Gasteiger partial charge in [0, 0.05) is 32.7 Å². The molecule has 3 N–H and O–H groups in total. The Labute approximate surface area is 135 Å². The fourth-order valence-electron chi connectivity index (χ4n) is 2.81. The van der Waals surface area contributed by atoms with E-state index in [9.17, 15) is 4.39 Å². The van der Waals surface area contributed by atoms with Gasteiger partial charge in [-0.1, -0.05) is 12.1 Å². The van der Waals surface area contributed by atoms with Crippen molar-refractivity contribution in [3.63, 3.8) is 0 Å². The van der Waals surface area contributed by atoms with Crippen molar-refractivity contribution in [2.75, 3.05) is 53.6 Å². The van der Waals surface area contributed by atoms with Crippen LogP contribution in [0.4, 0.5) is 27.4 Å². The molecule has 122 valence electrons. The van der Waals surface area contributed by atoms with Crippen LogP contribution < -0.4 is 20.9 Å². The number of benzene rings is 1. The van der Waals surface area contributed by atoms with Gasteiger partial charge in [-0.3, -0.25) is 0 Å². The van der Waals surface area contributed by atoms with Crippen molar-refractivity contribution < 1.29 is 4.39 Å². The van der Waals surface area contributed by atoms with Crippen molar-refractivity contribution >= 4 is 23.0 Å². The summed E-state index contributed by atoms with van der Waals surface area (Å²) >= 11 is 0. The third-order valence-corrected chi connectivity index (χ3v) is 3.98. The summed E-state index contributed by atoms with van der Waals surface area (Å²) in [6, 6.07) is 6.87. The topological polar surface area (TPSA) is 70.3 Å². The number of rotatable bonds is 4. The minimum atomic E-state index is -0.183. The molecule has 1 aliphatic heterocycles. The standard InChI is InChI=1S/C16H21FN6/c1-2-19-15-14(18)16(21-11-20-15)23-9-7-22(8-10-23)13-6-4-3-5-12(13)17/h3-6,11H,2,7-10,18H2,1H3,(H,19,20,21). The van der Waals surface area contributed by atoms with Gasteiger partial charge >= 0.3 is 0 Å². The van der Waals surface area contributed by atoms with Gasteiger partial charge in [0.1, 0.15) is 17.8 Å². The van der Waals surface area contributed by atoms with Gasteiger partial charge in [0.2, 0.25) is 0 Å². The van der Waals surface area contributed by atoms with Gasteiger partial charge in [-0.2, -0.15) is 0 Å². The summed E-state index contributed by atoms with van der Waals surface area (Å²) in [7, 11) is 0. The van der Waals surface area contributed by atoms with Gasteiger partial charge in [0.05, 0.1) is 5.69 Å². The number of para-hydroxylation sites is 1. The highest BCUT2D eigenvalue weighted by Crippen LogP contribution is 2.28. The highest BCUT2D eigenvalue weighted by molar-refractivity contribution is 5.75. The fraction of sp³-hybridized carbons (Fsp3) is 0.375. The van der Waals surface area contributed by atoms with Crippen LogP contribution >= 0.6 is 0 Å². The molecule has 1 aromatic carbocycles. The Bertz CT molecular complexity index is 669. The van der Waals surface area contributed by atoms with E-state index in [2.05, 4.69) is 25.1 Å². The second-order valence-corrected chi connectivity index (χ2v) is 5.42. The molecule has 0 atom stereocenters. The third kappa shape index (κ3) is 3.13. The lowest BCUT2D eigenvalue weighted by Crippen LogP contribution is -2.47. The Balaban J connectivity index is 1.72. The largest absolute Gasteiger partial charge is 0.393 e. The number of nitrogens with one attached hydrogen (secondary N) is 1. The third-order valence-electron chi connectivity index (χ3n) is 3.98. The predicted octanol–water partition coefficient (Wildman–Crippen LogP) is 1.96. The average molecular weight is 316 g/mol. The summed E-state index contributed by atoms with van der Waals surface area (Å²) in [4.78, 5) is 12.7. The van der Waals surface area contributed by atoms with E-state index in [1.165, 1.54) is 12.4 Å². The van der Waals surface area contributed by atoms with Crippen molar-refractivity contribution in [1.29, 1.82) is 0 Å². The first-order valence-corrected chi connectivity index (χ1v) is 7.79. The van der Waals surface area contributed by atoms with Gasteiger partial charge in [0.15, 0.2) is 11.6 Å². The number of nitrogen functional groups attached to an aromatic ring is 1. The van der Waals surface area contributed by atoms with E-state index in [0.29, 0.717) is 17.2 Å². The number of piperazine rings is 1. The van der Waals surface area contributed by atoms with Crippen molar-refractivity contribution in [3.8, 4) is 0 Å². The second kappa shape index (κ2) is 6.68. The molecule has 1 saturated heterocycles. The smallest absolute Gasteiger partial charge is 0.157 e. The maximum absolute atomic E-state index is 13.9. The molecule has 23 heavy (non-hydrogen) atoms. The van der Waals surface area contributed by atoms with E-state index in [1.54, 1.807) is 6.07 Å². The molecule has 6 nitrogen and oxygen atoms in total. The molecule has 0 aliphatic carbocycles. The summed E-state index contributed by atoms with van der Waals surface area (Å²) in [5.74, 6) is 1.22. The fourth-order valence-corrected chi connectivity index (χ4v) is 2.81. The first-order valence-electron chi connectivity index (χ1n) is 7.79. The molecule has 7 heteroatoms. The normalized spacial score (nSPS) is 14.9. The molecule has 0 amide bonds. The summed E-state index contributed by atoms with van der Waals surface area (Å²) in [6.07, 6.45) is 1.52. The lowest BCUT2D eigenvalue weighted by molar-refractivity contribution is 0.596. The van der Waals surface area contributed by atoms with Crippen molar-refractivity contribution in [3.05, 3.63) is 36.4 Å². The first kappa shape index (κ1) is 15.3. The predicted molar refractivity (Wildman–Crippen MR) is 91.4 cm³/mol. The number of hydrogen-bond donors (Lipinski definition) is 2. The van der Waals surface area contributed by atoms with Crippen LogP contribution in [0.2, 0.25) is 0 Å². The molecule has 1 fully saturated rings. The van der Waals surface area contributed by atoms with Gasteiger partial charge in [-0.05, 0) is 19.1 Å². The Morgan fingerprint density at radius 2 is 1.83 bits per heavy atom. The zero-order valence-corrected chi connectivity index (χ0v) is 13.2. The van der Waals surface area contributed by atoms with Gasteiger partial charge in [-0.25, -0.2) is 14.4 Å². The molecule has 0 radical (unpaired) electrons. The molecule has 0 saturated carbocycles. The maximum atomic E-state index is 13.9. The van der Waals surface area contributed by atoms with Gasteiger partial charge in [-0.15, -0.1) is 0 Å². The number of aromatic nitrogens is 2. The maximum Gasteiger partial charge on any atom is 0.157 e. The van der Waals surface area contributed by atoms with E-state index < -0.39 is 0 Å². The van der Waals surface area contributed by atoms with E-state index in [0.717, 1.165) is 38.5 Å². The van der Waals surface area contributed by atoms with Crippen LogP contribution in [0.25, 0.3) is 0 Å². The molecule has 2 aromatic rings.